The predicted octanol–water partition coefficient (Wildman–Crippen LogP) is 3.74. The van der Waals surface area contributed by atoms with Gasteiger partial charge in [0.15, 0.2) is 5.82 Å². The molecule has 0 saturated carbocycles. The molecule has 0 atom stereocenters. The molecule has 0 bridgehead atoms. The Labute approximate surface area is 145 Å². The van der Waals surface area contributed by atoms with Crippen LogP contribution < -0.4 is 0 Å². The SMILES string of the molecule is FC(F)(F)c1ccc(-c2[nH]ncc2-c2nnnn2-c2ccccc2)cc1. The summed E-state index contributed by atoms with van der Waals surface area (Å²) < 4.78 is 39.8. The van der Waals surface area contributed by atoms with Crippen molar-refractivity contribution in [2.45, 2.75) is 6.18 Å². The van der Waals surface area contributed by atoms with Crippen LogP contribution in [0.2, 0.25) is 0 Å². The summed E-state index contributed by atoms with van der Waals surface area (Å²) >= 11 is 0. The van der Waals surface area contributed by atoms with Gasteiger partial charge in [-0.1, -0.05) is 30.3 Å². The molecule has 0 aliphatic rings. The number of alkyl halides is 3. The summed E-state index contributed by atoms with van der Waals surface area (Å²) in [4.78, 5) is 0. The minimum Gasteiger partial charge on any atom is -0.277 e. The Morgan fingerprint density at radius 2 is 1.65 bits per heavy atom. The van der Waals surface area contributed by atoms with Gasteiger partial charge in [0.05, 0.1) is 28.7 Å². The van der Waals surface area contributed by atoms with Crippen molar-refractivity contribution in [2.24, 2.45) is 0 Å². The molecule has 6 nitrogen and oxygen atoms in total. The number of hydrogen-bond donors (Lipinski definition) is 1. The average molecular weight is 356 g/mol. The standard InChI is InChI=1S/C17H11F3N6/c18-17(19,20)12-8-6-11(7-9-12)15-14(10-21-22-15)16-23-24-25-26(16)13-4-2-1-3-5-13/h1-10H,(H,21,22). The first-order valence-corrected chi connectivity index (χ1v) is 7.59. The van der Waals surface area contributed by atoms with Crippen LogP contribution in [-0.2, 0) is 6.18 Å². The zero-order chi connectivity index (χ0) is 18.1. The van der Waals surface area contributed by atoms with E-state index in [0.717, 1.165) is 17.8 Å². The van der Waals surface area contributed by atoms with Gasteiger partial charge < -0.3 is 0 Å². The number of rotatable bonds is 3. The first kappa shape index (κ1) is 16.0. The molecule has 4 rings (SSSR count). The van der Waals surface area contributed by atoms with Gasteiger partial charge in [0.1, 0.15) is 0 Å². The maximum atomic E-state index is 12.8. The molecule has 130 valence electrons. The number of benzene rings is 2. The van der Waals surface area contributed by atoms with Crippen molar-refractivity contribution in [3.63, 3.8) is 0 Å². The van der Waals surface area contributed by atoms with Gasteiger partial charge in [-0.2, -0.15) is 23.0 Å². The third kappa shape index (κ3) is 2.83. The lowest BCUT2D eigenvalue weighted by atomic mass is 10.1. The van der Waals surface area contributed by atoms with Crippen molar-refractivity contribution in [1.82, 2.24) is 30.4 Å². The second kappa shape index (κ2) is 6.10. The van der Waals surface area contributed by atoms with Crippen molar-refractivity contribution in [3.8, 4) is 28.3 Å². The quantitative estimate of drug-likeness (QED) is 0.607. The number of nitrogens with one attached hydrogen (secondary N) is 1. The zero-order valence-electron chi connectivity index (χ0n) is 13.1. The van der Waals surface area contributed by atoms with Gasteiger partial charge in [0.2, 0.25) is 0 Å². The number of hydrogen-bond acceptors (Lipinski definition) is 4. The largest absolute Gasteiger partial charge is 0.416 e. The molecule has 4 aromatic rings. The summed E-state index contributed by atoms with van der Waals surface area (Å²) in [6.07, 6.45) is -2.84. The number of aromatic nitrogens is 6. The van der Waals surface area contributed by atoms with E-state index in [4.69, 9.17) is 0 Å². The van der Waals surface area contributed by atoms with Crippen LogP contribution in [0, 0.1) is 0 Å². The van der Waals surface area contributed by atoms with Crippen molar-refractivity contribution in [3.05, 3.63) is 66.4 Å². The molecule has 0 spiro atoms. The molecule has 1 N–H and O–H groups in total. The third-order valence-electron chi connectivity index (χ3n) is 3.85. The van der Waals surface area contributed by atoms with Crippen molar-refractivity contribution in [1.29, 1.82) is 0 Å². The van der Waals surface area contributed by atoms with Crippen LogP contribution in [0.15, 0.2) is 60.8 Å². The summed E-state index contributed by atoms with van der Waals surface area (Å²) in [5.41, 5.74) is 1.71. The molecule has 26 heavy (non-hydrogen) atoms. The molecule has 0 unspecified atom stereocenters. The lowest BCUT2D eigenvalue weighted by Crippen LogP contribution is -2.04. The first-order valence-electron chi connectivity index (χ1n) is 7.59. The van der Waals surface area contributed by atoms with Gasteiger partial charge in [0, 0.05) is 5.56 Å². The zero-order valence-corrected chi connectivity index (χ0v) is 13.1. The number of para-hydroxylation sites is 1. The van der Waals surface area contributed by atoms with Crippen LogP contribution in [0.3, 0.4) is 0 Å². The van der Waals surface area contributed by atoms with E-state index in [9.17, 15) is 13.2 Å². The summed E-state index contributed by atoms with van der Waals surface area (Å²) in [5.74, 6) is 0.430. The summed E-state index contributed by atoms with van der Waals surface area (Å²) in [5, 5.41) is 18.5. The van der Waals surface area contributed by atoms with Crippen molar-refractivity contribution in [2.75, 3.05) is 0 Å². The summed E-state index contributed by atoms with van der Waals surface area (Å²) in [6, 6.07) is 14.1. The Bertz CT molecular complexity index is 1020. The van der Waals surface area contributed by atoms with Gasteiger partial charge in [-0.15, -0.1) is 5.10 Å². The maximum Gasteiger partial charge on any atom is 0.416 e. The van der Waals surface area contributed by atoms with Crippen LogP contribution in [-0.4, -0.2) is 30.4 Å². The second-order valence-electron chi connectivity index (χ2n) is 5.48. The smallest absolute Gasteiger partial charge is 0.277 e. The van der Waals surface area contributed by atoms with Crippen LogP contribution >= 0.6 is 0 Å². The molecule has 2 aromatic heterocycles. The number of tetrazole rings is 1. The number of aromatic amines is 1. The fraction of sp³-hybridized carbons (Fsp3) is 0.0588. The van der Waals surface area contributed by atoms with Gasteiger partial charge >= 0.3 is 6.18 Å². The Kier molecular flexibility index (Phi) is 3.76. The maximum absolute atomic E-state index is 12.8. The van der Waals surface area contributed by atoms with Crippen LogP contribution in [0.25, 0.3) is 28.3 Å². The second-order valence-corrected chi connectivity index (χ2v) is 5.48. The van der Waals surface area contributed by atoms with E-state index in [0.29, 0.717) is 22.6 Å². The topological polar surface area (TPSA) is 72.3 Å². The number of nitrogens with zero attached hydrogens (tertiary/aromatic N) is 5. The average Bonchev–Trinajstić information content (AvgIpc) is 3.31. The molecule has 0 aliphatic heterocycles. The molecule has 0 saturated heterocycles. The monoisotopic (exact) mass is 356 g/mol. The van der Waals surface area contributed by atoms with Crippen LogP contribution in [0.4, 0.5) is 13.2 Å². The van der Waals surface area contributed by atoms with E-state index < -0.39 is 11.7 Å². The van der Waals surface area contributed by atoms with E-state index >= 15 is 0 Å². The van der Waals surface area contributed by atoms with E-state index in [2.05, 4.69) is 25.7 Å². The first-order chi connectivity index (χ1) is 12.5. The molecule has 2 heterocycles. The van der Waals surface area contributed by atoms with Gasteiger partial charge in [0.25, 0.3) is 0 Å². The molecule has 0 amide bonds. The Hall–Kier alpha value is -3.49. The van der Waals surface area contributed by atoms with E-state index in [1.54, 1.807) is 4.68 Å². The minimum atomic E-state index is -4.38. The molecule has 9 heteroatoms. The highest BCUT2D eigenvalue weighted by molar-refractivity contribution is 5.77. The fourth-order valence-corrected chi connectivity index (χ4v) is 2.60. The van der Waals surface area contributed by atoms with E-state index in [1.165, 1.54) is 18.3 Å². The van der Waals surface area contributed by atoms with Gasteiger partial charge in [-0.05, 0) is 34.7 Å². The fourth-order valence-electron chi connectivity index (χ4n) is 2.60. The Balaban J connectivity index is 1.77. The molecule has 0 fully saturated rings. The molecule has 2 aromatic carbocycles. The van der Waals surface area contributed by atoms with Crippen molar-refractivity contribution >= 4 is 0 Å². The lowest BCUT2D eigenvalue weighted by molar-refractivity contribution is -0.137. The Morgan fingerprint density at radius 1 is 0.923 bits per heavy atom. The van der Waals surface area contributed by atoms with Gasteiger partial charge in [-0.25, -0.2) is 0 Å². The molecule has 0 radical (unpaired) electrons. The van der Waals surface area contributed by atoms with Crippen molar-refractivity contribution < 1.29 is 13.2 Å². The van der Waals surface area contributed by atoms with Crippen LogP contribution in [0.1, 0.15) is 5.56 Å². The number of halogens is 3. The van der Waals surface area contributed by atoms with E-state index in [1.807, 2.05) is 30.3 Å². The molecule has 0 aliphatic carbocycles. The minimum absolute atomic E-state index is 0.430. The predicted molar refractivity (Wildman–Crippen MR) is 87.2 cm³/mol. The highest BCUT2D eigenvalue weighted by Gasteiger charge is 2.30. The summed E-state index contributed by atoms with van der Waals surface area (Å²) in [7, 11) is 0. The van der Waals surface area contributed by atoms with Gasteiger partial charge in [-0.3, -0.25) is 5.10 Å². The summed E-state index contributed by atoms with van der Waals surface area (Å²) in [6.45, 7) is 0. The van der Waals surface area contributed by atoms with E-state index in [-0.39, 0.29) is 0 Å². The third-order valence-corrected chi connectivity index (χ3v) is 3.85. The highest BCUT2D eigenvalue weighted by atomic mass is 19.4. The lowest BCUT2D eigenvalue weighted by Gasteiger charge is -2.08. The molecular weight excluding hydrogens is 345 g/mol. The molecular formula is C17H11F3N6. The van der Waals surface area contributed by atoms with Crippen LogP contribution in [0.5, 0.6) is 0 Å². The Morgan fingerprint density at radius 3 is 2.35 bits per heavy atom. The normalized spacial score (nSPS) is 11.7. The number of H-pyrrole nitrogens is 1. The highest BCUT2D eigenvalue weighted by Crippen LogP contribution is 2.33.